The molecule has 0 saturated carbocycles. The summed E-state index contributed by atoms with van der Waals surface area (Å²) in [5.74, 6) is 1.02. The number of nitrogens with zero attached hydrogens (tertiary/aromatic N) is 5. The van der Waals surface area contributed by atoms with E-state index in [1.54, 1.807) is 20.2 Å². The first-order chi connectivity index (χ1) is 18.7. The van der Waals surface area contributed by atoms with Crippen molar-refractivity contribution in [3.63, 3.8) is 0 Å². The van der Waals surface area contributed by atoms with Gasteiger partial charge in [0.05, 0.1) is 25.0 Å². The maximum Gasteiger partial charge on any atom is 0.343 e. The van der Waals surface area contributed by atoms with E-state index >= 15 is 0 Å². The van der Waals surface area contributed by atoms with Crippen LogP contribution < -0.4 is 15.4 Å². The molecule has 2 aromatic carbocycles. The highest BCUT2D eigenvalue weighted by Gasteiger charge is 2.20. The molecular formula is C27H27N7O4. The number of ether oxygens (including phenoxy) is 2. The molecule has 3 aromatic heterocycles. The zero-order chi connectivity index (χ0) is 26.3. The van der Waals surface area contributed by atoms with Gasteiger partial charge in [-0.1, -0.05) is 18.2 Å². The Morgan fingerprint density at radius 3 is 2.79 bits per heavy atom. The summed E-state index contributed by atoms with van der Waals surface area (Å²) in [5.41, 5.74) is 2.83. The Morgan fingerprint density at radius 1 is 1.11 bits per heavy atom. The number of hydrogen-bond acceptors (Lipinski definition) is 10. The highest BCUT2D eigenvalue weighted by atomic mass is 16.5. The largest absolute Gasteiger partial charge is 0.494 e. The molecule has 0 amide bonds. The lowest BCUT2D eigenvalue weighted by atomic mass is 10.1. The lowest BCUT2D eigenvalue weighted by Crippen LogP contribution is -2.14. The van der Waals surface area contributed by atoms with Gasteiger partial charge >= 0.3 is 5.97 Å². The van der Waals surface area contributed by atoms with Crippen LogP contribution in [0.15, 0.2) is 71.5 Å². The third-order valence-corrected chi connectivity index (χ3v) is 5.69. The first-order valence-electron chi connectivity index (χ1n) is 12.2. The van der Waals surface area contributed by atoms with Crippen molar-refractivity contribution >= 4 is 34.5 Å². The number of carbonyl (C=O) groups is 1. The van der Waals surface area contributed by atoms with Gasteiger partial charge in [0.25, 0.3) is 0 Å². The summed E-state index contributed by atoms with van der Waals surface area (Å²) in [6.45, 7) is 3.34. The van der Waals surface area contributed by atoms with Gasteiger partial charge in [0.2, 0.25) is 11.8 Å². The van der Waals surface area contributed by atoms with E-state index in [1.165, 1.54) is 6.20 Å². The number of anilines is 3. The van der Waals surface area contributed by atoms with Crippen molar-refractivity contribution in [1.29, 1.82) is 0 Å². The van der Waals surface area contributed by atoms with Gasteiger partial charge in [-0.25, -0.2) is 14.8 Å². The second kappa shape index (κ2) is 11.4. The van der Waals surface area contributed by atoms with Crippen molar-refractivity contribution in [3.05, 3.63) is 72.7 Å². The molecule has 0 aliphatic carbocycles. The first-order valence-corrected chi connectivity index (χ1v) is 12.2. The van der Waals surface area contributed by atoms with Crippen molar-refractivity contribution in [2.45, 2.75) is 19.9 Å². The molecule has 0 bridgehead atoms. The topological polar surface area (TPSA) is 129 Å². The van der Waals surface area contributed by atoms with Gasteiger partial charge < -0.3 is 24.5 Å². The zero-order valence-corrected chi connectivity index (χ0v) is 21.0. The molecule has 11 nitrogen and oxygen atoms in total. The zero-order valence-electron chi connectivity index (χ0n) is 21.0. The number of aryl methyl sites for hydroxylation is 1. The molecule has 5 rings (SSSR count). The molecule has 0 aliphatic heterocycles. The lowest BCUT2D eigenvalue weighted by Gasteiger charge is -2.16. The number of methoxy groups -OCH3 is 1. The molecule has 3 heterocycles. The molecule has 5 aromatic rings. The van der Waals surface area contributed by atoms with Crippen molar-refractivity contribution in [3.8, 4) is 17.2 Å². The number of para-hydroxylation sites is 3. The number of oxazole rings is 1. The summed E-state index contributed by atoms with van der Waals surface area (Å²) in [4.78, 5) is 26.1. The van der Waals surface area contributed by atoms with E-state index in [4.69, 9.17) is 13.9 Å². The quantitative estimate of drug-likeness (QED) is 0.186. The number of fused-ring (bicyclic) bond motifs is 1. The second-order valence-electron chi connectivity index (χ2n) is 8.22. The molecule has 0 spiro atoms. The van der Waals surface area contributed by atoms with Gasteiger partial charge in [0, 0.05) is 31.7 Å². The van der Waals surface area contributed by atoms with Crippen LogP contribution >= 0.6 is 0 Å². The Balaban J connectivity index is 1.42. The summed E-state index contributed by atoms with van der Waals surface area (Å²) in [5, 5.41) is 10.6. The summed E-state index contributed by atoms with van der Waals surface area (Å²) in [6, 6.07) is 14.9. The molecule has 0 radical (unpaired) electrons. The number of esters is 1. The number of aromatic nitrogens is 5. The van der Waals surface area contributed by atoms with Crippen LogP contribution in [0.3, 0.4) is 0 Å². The monoisotopic (exact) mass is 513 g/mol. The van der Waals surface area contributed by atoms with Gasteiger partial charge in [0.15, 0.2) is 17.2 Å². The Bertz CT molecular complexity index is 1500. The highest BCUT2D eigenvalue weighted by molar-refractivity contribution is 5.96. The highest BCUT2D eigenvalue weighted by Crippen LogP contribution is 2.38. The molecule has 0 unspecified atom stereocenters. The molecule has 0 saturated heterocycles. The van der Waals surface area contributed by atoms with Crippen molar-refractivity contribution < 1.29 is 18.7 Å². The SMILES string of the molecule is CCOC(=O)c1cnc(NCCCn2cccn2)nc1Nc1cccc(-c2nc3ccccc3o2)c1OC. The number of nitrogens with one attached hydrogen (secondary N) is 2. The van der Waals surface area contributed by atoms with E-state index in [1.807, 2.05) is 59.4 Å². The fourth-order valence-electron chi connectivity index (χ4n) is 3.93. The van der Waals surface area contributed by atoms with Crippen molar-refractivity contribution in [2.75, 3.05) is 30.9 Å². The fourth-order valence-corrected chi connectivity index (χ4v) is 3.93. The fraction of sp³-hybridized carbons (Fsp3) is 0.222. The lowest BCUT2D eigenvalue weighted by molar-refractivity contribution is 0.0526. The van der Waals surface area contributed by atoms with E-state index in [9.17, 15) is 4.79 Å². The third-order valence-electron chi connectivity index (χ3n) is 5.69. The average Bonchev–Trinajstić information content (AvgIpc) is 3.61. The van der Waals surface area contributed by atoms with Crippen LogP contribution in [0.25, 0.3) is 22.6 Å². The minimum Gasteiger partial charge on any atom is -0.494 e. The second-order valence-corrected chi connectivity index (χ2v) is 8.22. The van der Waals surface area contributed by atoms with Crippen LogP contribution in [0.2, 0.25) is 0 Å². The van der Waals surface area contributed by atoms with Crippen LogP contribution in [-0.4, -0.2) is 51.0 Å². The van der Waals surface area contributed by atoms with Crippen molar-refractivity contribution in [1.82, 2.24) is 24.7 Å². The first kappa shape index (κ1) is 24.8. The van der Waals surface area contributed by atoms with Crippen molar-refractivity contribution in [2.24, 2.45) is 0 Å². The molecule has 11 heteroatoms. The van der Waals surface area contributed by atoms with Crippen LogP contribution in [-0.2, 0) is 11.3 Å². The maximum absolute atomic E-state index is 12.7. The summed E-state index contributed by atoms with van der Waals surface area (Å²) in [6.07, 6.45) is 5.92. The average molecular weight is 514 g/mol. The normalized spacial score (nSPS) is 10.9. The maximum atomic E-state index is 12.7. The van der Waals surface area contributed by atoms with Crippen LogP contribution in [0.4, 0.5) is 17.5 Å². The van der Waals surface area contributed by atoms with Crippen LogP contribution in [0.1, 0.15) is 23.7 Å². The predicted octanol–water partition coefficient (Wildman–Crippen LogP) is 4.91. The number of rotatable bonds is 11. The molecule has 0 atom stereocenters. The molecule has 194 valence electrons. The predicted molar refractivity (Wildman–Crippen MR) is 143 cm³/mol. The Hall–Kier alpha value is -4.93. The summed E-state index contributed by atoms with van der Waals surface area (Å²) < 4.78 is 18.8. The summed E-state index contributed by atoms with van der Waals surface area (Å²) in [7, 11) is 1.56. The van der Waals surface area contributed by atoms with Gasteiger partial charge in [-0.15, -0.1) is 0 Å². The number of benzene rings is 2. The minimum absolute atomic E-state index is 0.197. The number of hydrogen-bond donors (Lipinski definition) is 2. The standard InChI is InChI=1S/C27H27N7O4/c1-3-37-26(35)19-17-29-27(28-13-7-15-34-16-8-14-30-34)33-24(19)31-21-11-6-9-18(23(21)36-2)25-32-20-10-4-5-12-22(20)38-25/h4-6,8-12,14,16-17H,3,7,13,15H2,1-2H3,(H2,28,29,31,33). The Kier molecular flexibility index (Phi) is 7.44. The van der Waals surface area contributed by atoms with Crippen LogP contribution in [0, 0.1) is 0 Å². The molecule has 0 aliphatic rings. The van der Waals surface area contributed by atoms with E-state index in [-0.39, 0.29) is 18.0 Å². The van der Waals surface area contributed by atoms with Crippen LogP contribution in [0.5, 0.6) is 5.75 Å². The molecule has 38 heavy (non-hydrogen) atoms. The van der Waals surface area contributed by atoms with E-state index < -0.39 is 5.97 Å². The van der Waals surface area contributed by atoms with Gasteiger partial charge in [-0.3, -0.25) is 4.68 Å². The van der Waals surface area contributed by atoms with Gasteiger partial charge in [0.1, 0.15) is 11.1 Å². The van der Waals surface area contributed by atoms with E-state index in [2.05, 4.69) is 30.7 Å². The van der Waals surface area contributed by atoms with Gasteiger partial charge in [-0.05, 0) is 43.7 Å². The Morgan fingerprint density at radius 2 is 2.00 bits per heavy atom. The molecular weight excluding hydrogens is 486 g/mol. The van der Waals surface area contributed by atoms with E-state index in [0.29, 0.717) is 41.0 Å². The van der Waals surface area contributed by atoms with E-state index in [0.717, 1.165) is 18.5 Å². The molecule has 2 N–H and O–H groups in total. The Labute approximate surface area is 218 Å². The third kappa shape index (κ3) is 5.41. The van der Waals surface area contributed by atoms with Gasteiger partial charge in [-0.2, -0.15) is 10.1 Å². The summed E-state index contributed by atoms with van der Waals surface area (Å²) >= 11 is 0. The number of carbonyl (C=O) groups excluding carboxylic acids is 1. The molecule has 0 fully saturated rings. The minimum atomic E-state index is -0.533. The smallest absolute Gasteiger partial charge is 0.343 e.